The van der Waals surface area contributed by atoms with E-state index in [1.165, 1.54) is 0 Å². The minimum Gasteiger partial charge on any atom is -0.497 e. The Morgan fingerprint density at radius 3 is 2.26 bits per heavy atom. The molecule has 2 aromatic heterocycles. The zero-order valence-electron chi connectivity index (χ0n) is 18.6. The van der Waals surface area contributed by atoms with Crippen LogP contribution in [0.25, 0.3) is 12.2 Å². The number of aryl methyl sites for hydroxylation is 1. The number of H-pyrrole nitrogens is 1. The standard InChI is InChI=1S/C22H29N7O2/c1-15-10-22(28-27-15)26-21-14-20(23-8-9-29(2)3)24-19(25-21)7-6-16-11-17(30-4)13-18(12-16)31-5/h6-7,10-14H,8-9H2,1-5H3,(H3,23,24,25,26,27,28)/b7-6+. The smallest absolute Gasteiger partial charge is 0.156 e. The van der Waals surface area contributed by atoms with Gasteiger partial charge in [-0.25, -0.2) is 9.97 Å². The number of hydrogen-bond acceptors (Lipinski definition) is 8. The van der Waals surface area contributed by atoms with Gasteiger partial charge in [-0.1, -0.05) is 6.08 Å². The lowest BCUT2D eigenvalue weighted by atomic mass is 10.2. The average molecular weight is 424 g/mol. The highest BCUT2D eigenvalue weighted by molar-refractivity contribution is 5.70. The van der Waals surface area contributed by atoms with Crippen LogP contribution in [0.2, 0.25) is 0 Å². The predicted octanol–water partition coefficient (Wildman–Crippen LogP) is 3.41. The van der Waals surface area contributed by atoms with Gasteiger partial charge in [-0.2, -0.15) is 5.10 Å². The van der Waals surface area contributed by atoms with E-state index in [2.05, 4.69) is 35.7 Å². The first-order chi connectivity index (χ1) is 14.9. The van der Waals surface area contributed by atoms with Crippen molar-refractivity contribution in [1.29, 1.82) is 0 Å². The number of benzene rings is 1. The Hall–Kier alpha value is -3.59. The summed E-state index contributed by atoms with van der Waals surface area (Å²) in [6, 6.07) is 9.45. The molecule has 0 bridgehead atoms. The van der Waals surface area contributed by atoms with E-state index < -0.39 is 0 Å². The summed E-state index contributed by atoms with van der Waals surface area (Å²) >= 11 is 0. The monoisotopic (exact) mass is 423 g/mol. The number of anilines is 3. The molecule has 0 amide bonds. The van der Waals surface area contributed by atoms with Gasteiger partial charge in [-0.15, -0.1) is 0 Å². The Kier molecular flexibility index (Phi) is 7.45. The molecule has 9 nitrogen and oxygen atoms in total. The van der Waals surface area contributed by atoms with Crippen molar-refractivity contribution in [3.8, 4) is 11.5 Å². The Morgan fingerprint density at radius 2 is 1.65 bits per heavy atom. The van der Waals surface area contributed by atoms with Crippen molar-refractivity contribution < 1.29 is 9.47 Å². The third-order valence-electron chi connectivity index (χ3n) is 4.37. The van der Waals surface area contributed by atoms with Crippen molar-refractivity contribution in [2.45, 2.75) is 6.92 Å². The minimum atomic E-state index is 0.561. The molecule has 9 heteroatoms. The number of aromatic nitrogens is 4. The molecule has 0 saturated carbocycles. The number of rotatable bonds is 10. The van der Waals surface area contributed by atoms with E-state index in [4.69, 9.17) is 9.47 Å². The van der Waals surface area contributed by atoms with Crippen LogP contribution in [0.5, 0.6) is 11.5 Å². The molecule has 3 rings (SSSR count). The lowest BCUT2D eigenvalue weighted by molar-refractivity contribution is 0.394. The molecule has 0 unspecified atom stereocenters. The zero-order chi connectivity index (χ0) is 22.2. The lowest BCUT2D eigenvalue weighted by Gasteiger charge is -2.12. The summed E-state index contributed by atoms with van der Waals surface area (Å²) in [5.74, 6) is 4.08. The van der Waals surface area contributed by atoms with Gasteiger partial charge in [0.2, 0.25) is 0 Å². The van der Waals surface area contributed by atoms with Gasteiger partial charge in [-0.05, 0) is 44.8 Å². The van der Waals surface area contributed by atoms with Gasteiger partial charge < -0.3 is 25.0 Å². The molecule has 0 aliphatic heterocycles. The molecule has 31 heavy (non-hydrogen) atoms. The van der Waals surface area contributed by atoms with E-state index in [0.29, 0.717) is 17.5 Å². The van der Waals surface area contributed by atoms with Gasteiger partial charge in [-0.3, -0.25) is 5.10 Å². The van der Waals surface area contributed by atoms with Crippen LogP contribution in [0.4, 0.5) is 17.5 Å². The summed E-state index contributed by atoms with van der Waals surface area (Å²) in [4.78, 5) is 11.3. The molecule has 0 aliphatic carbocycles. The fourth-order valence-corrected chi connectivity index (χ4v) is 2.81. The summed E-state index contributed by atoms with van der Waals surface area (Å²) in [6.45, 7) is 3.60. The van der Waals surface area contributed by atoms with Crippen LogP contribution in [0.1, 0.15) is 17.1 Å². The highest BCUT2D eigenvalue weighted by Gasteiger charge is 2.06. The van der Waals surface area contributed by atoms with Gasteiger partial charge in [0, 0.05) is 37.0 Å². The molecule has 2 heterocycles. The molecular formula is C22H29N7O2. The number of hydrogen-bond donors (Lipinski definition) is 3. The minimum absolute atomic E-state index is 0.561. The van der Waals surface area contributed by atoms with Crippen LogP contribution in [-0.2, 0) is 0 Å². The Labute approximate surface area is 182 Å². The second kappa shape index (κ2) is 10.4. The summed E-state index contributed by atoms with van der Waals surface area (Å²) in [5, 5.41) is 13.7. The number of nitrogens with one attached hydrogen (secondary N) is 3. The third kappa shape index (κ3) is 6.71. The van der Waals surface area contributed by atoms with Gasteiger partial charge in [0.25, 0.3) is 0 Å². The van der Waals surface area contributed by atoms with Crippen molar-refractivity contribution in [2.75, 3.05) is 52.0 Å². The van der Waals surface area contributed by atoms with Crippen LogP contribution in [0.3, 0.4) is 0 Å². The Balaban J connectivity index is 1.86. The largest absolute Gasteiger partial charge is 0.497 e. The zero-order valence-corrected chi connectivity index (χ0v) is 18.6. The maximum atomic E-state index is 5.34. The molecule has 1 aromatic carbocycles. The normalized spacial score (nSPS) is 11.2. The Morgan fingerprint density at radius 1 is 0.935 bits per heavy atom. The molecule has 164 valence electrons. The highest BCUT2D eigenvalue weighted by atomic mass is 16.5. The number of methoxy groups -OCH3 is 2. The summed E-state index contributed by atoms with van der Waals surface area (Å²) in [7, 11) is 7.32. The number of aromatic amines is 1. The average Bonchev–Trinajstić information content (AvgIpc) is 3.16. The topological polar surface area (TPSA) is 100 Å². The van der Waals surface area contributed by atoms with E-state index in [1.807, 2.05) is 63.5 Å². The van der Waals surface area contributed by atoms with Crippen molar-refractivity contribution in [2.24, 2.45) is 0 Å². The number of likely N-dealkylation sites (N-methyl/N-ethyl adjacent to an activating group) is 1. The van der Waals surface area contributed by atoms with Crippen LogP contribution in [0, 0.1) is 6.92 Å². The van der Waals surface area contributed by atoms with Gasteiger partial charge >= 0.3 is 0 Å². The lowest BCUT2D eigenvalue weighted by Crippen LogP contribution is -2.21. The van der Waals surface area contributed by atoms with Crippen LogP contribution >= 0.6 is 0 Å². The van der Waals surface area contributed by atoms with E-state index in [-0.39, 0.29) is 0 Å². The summed E-state index contributed by atoms with van der Waals surface area (Å²) in [6.07, 6.45) is 3.78. The quantitative estimate of drug-likeness (QED) is 0.456. The maximum absolute atomic E-state index is 5.34. The molecule has 3 N–H and O–H groups in total. The van der Waals surface area contributed by atoms with Crippen LogP contribution in [0.15, 0.2) is 30.3 Å². The molecule has 0 atom stereocenters. The third-order valence-corrected chi connectivity index (χ3v) is 4.37. The second-order valence-corrected chi connectivity index (χ2v) is 7.27. The van der Waals surface area contributed by atoms with Gasteiger partial charge in [0.1, 0.15) is 23.1 Å². The molecule has 0 radical (unpaired) electrons. The second-order valence-electron chi connectivity index (χ2n) is 7.27. The fourth-order valence-electron chi connectivity index (χ4n) is 2.81. The van der Waals surface area contributed by atoms with Crippen molar-refractivity contribution in [1.82, 2.24) is 25.1 Å². The molecule has 0 fully saturated rings. The van der Waals surface area contributed by atoms with Crippen molar-refractivity contribution in [3.63, 3.8) is 0 Å². The van der Waals surface area contributed by atoms with Crippen LogP contribution in [-0.4, -0.2) is 66.5 Å². The van der Waals surface area contributed by atoms with Gasteiger partial charge in [0.05, 0.1) is 14.2 Å². The van der Waals surface area contributed by atoms with E-state index in [0.717, 1.165) is 41.7 Å². The van der Waals surface area contributed by atoms with Crippen LogP contribution < -0.4 is 20.1 Å². The number of nitrogens with zero attached hydrogens (tertiary/aromatic N) is 4. The summed E-state index contributed by atoms with van der Waals surface area (Å²) in [5.41, 5.74) is 1.89. The van der Waals surface area contributed by atoms with Crippen molar-refractivity contribution >= 4 is 29.6 Å². The first-order valence-electron chi connectivity index (χ1n) is 9.93. The molecule has 3 aromatic rings. The molecule has 0 aliphatic rings. The highest BCUT2D eigenvalue weighted by Crippen LogP contribution is 2.24. The number of ether oxygens (including phenoxy) is 2. The van der Waals surface area contributed by atoms with Crippen molar-refractivity contribution in [3.05, 3.63) is 47.4 Å². The van der Waals surface area contributed by atoms with Gasteiger partial charge in [0.15, 0.2) is 11.6 Å². The van der Waals surface area contributed by atoms with E-state index in [9.17, 15) is 0 Å². The molecule has 0 spiro atoms. The first-order valence-corrected chi connectivity index (χ1v) is 9.93. The maximum Gasteiger partial charge on any atom is 0.156 e. The molecular weight excluding hydrogens is 394 g/mol. The molecule has 0 saturated heterocycles. The van der Waals surface area contributed by atoms with E-state index in [1.54, 1.807) is 14.2 Å². The predicted molar refractivity (Wildman–Crippen MR) is 124 cm³/mol. The Bertz CT molecular complexity index is 1010. The summed E-state index contributed by atoms with van der Waals surface area (Å²) < 4.78 is 10.7. The fraction of sp³-hybridized carbons (Fsp3) is 0.318. The van der Waals surface area contributed by atoms with E-state index >= 15 is 0 Å². The SMILES string of the molecule is COc1cc(/C=C/c2nc(NCCN(C)C)cc(Nc3cc(C)[nH]n3)n2)cc(OC)c1. The first kappa shape index (κ1) is 22.1.